The van der Waals surface area contributed by atoms with E-state index in [1.165, 1.54) is 4.90 Å². The Kier molecular flexibility index (Phi) is 4.50. The van der Waals surface area contributed by atoms with Gasteiger partial charge in [-0.05, 0) is 6.07 Å². The van der Waals surface area contributed by atoms with Gasteiger partial charge in [0.1, 0.15) is 0 Å². The van der Waals surface area contributed by atoms with Gasteiger partial charge in [0, 0.05) is 50.3 Å². The zero-order valence-corrected chi connectivity index (χ0v) is 13.6. The molecule has 1 aliphatic rings. The van der Waals surface area contributed by atoms with E-state index in [-0.39, 0.29) is 18.4 Å². The zero-order chi connectivity index (χ0) is 17.1. The first-order valence-corrected chi connectivity index (χ1v) is 7.89. The molecular weight excluding hydrogens is 308 g/mol. The van der Waals surface area contributed by atoms with E-state index in [9.17, 15) is 14.4 Å². The Morgan fingerprint density at radius 3 is 2.62 bits per heavy atom. The first-order valence-electron chi connectivity index (χ1n) is 7.89. The first kappa shape index (κ1) is 16.0. The molecule has 2 aromatic rings. The van der Waals surface area contributed by atoms with E-state index in [1.54, 1.807) is 23.0 Å². The summed E-state index contributed by atoms with van der Waals surface area (Å²) in [5, 5.41) is 0.849. The van der Waals surface area contributed by atoms with Gasteiger partial charge in [0.05, 0.1) is 12.1 Å². The predicted molar refractivity (Wildman–Crippen MR) is 89.5 cm³/mol. The molecule has 1 aromatic carbocycles. The number of nitrogens with zero attached hydrogens (tertiary/aromatic N) is 3. The highest BCUT2D eigenvalue weighted by atomic mass is 16.2. The summed E-state index contributed by atoms with van der Waals surface area (Å²) >= 11 is 0. The van der Waals surface area contributed by atoms with Crippen LogP contribution in [0.2, 0.25) is 0 Å². The molecule has 7 heteroatoms. The lowest BCUT2D eigenvalue weighted by Gasteiger charge is -2.33. The Balaban J connectivity index is 1.64. The second-order valence-corrected chi connectivity index (χ2v) is 5.93. The molecule has 0 atom stereocenters. The molecule has 2 heterocycles. The van der Waals surface area contributed by atoms with Gasteiger partial charge in [-0.25, -0.2) is 0 Å². The van der Waals surface area contributed by atoms with Gasteiger partial charge in [0.25, 0.3) is 5.91 Å². The molecule has 24 heavy (non-hydrogen) atoms. The lowest BCUT2D eigenvalue weighted by Crippen LogP contribution is -2.50. The largest absolute Gasteiger partial charge is 0.360 e. The van der Waals surface area contributed by atoms with Crippen molar-refractivity contribution in [3.8, 4) is 0 Å². The Labute approximate surface area is 139 Å². The highest BCUT2D eigenvalue weighted by Gasteiger charge is 2.24. The Morgan fingerprint density at radius 2 is 1.92 bits per heavy atom. The molecule has 0 radical (unpaired) electrons. The molecule has 126 valence electrons. The van der Waals surface area contributed by atoms with E-state index >= 15 is 0 Å². The monoisotopic (exact) mass is 328 g/mol. The topological polar surface area (TPSA) is 76.7 Å². The van der Waals surface area contributed by atoms with Crippen molar-refractivity contribution < 1.29 is 14.4 Å². The summed E-state index contributed by atoms with van der Waals surface area (Å²) < 4.78 is 0. The fraction of sp³-hybridized carbons (Fsp3) is 0.353. The Bertz CT molecular complexity index is 762. The molecule has 1 saturated heterocycles. The smallest absolute Gasteiger partial charge is 0.256 e. The van der Waals surface area contributed by atoms with Crippen molar-refractivity contribution >= 4 is 29.1 Å². The molecule has 0 saturated carbocycles. The van der Waals surface area contributed by atoms with Gasteiger partial charge in [-0.2, -0.15) is 0 Å². The third kappa shape index (κ3) is 3.10. The van der Waals surface area contributed by atoms with E-state index in [2.05, 4.69) is 4.98 Å². The molecule has 1 aliphatic heterocycles. The highest BCUT2D eigenvalue weighted by molar-refractivity contribution is 6.07. The molecule has 0 bridgehead atoms. The predicted octanol–water partition coefficient (Wildman–Crippen LogP) is 0.540. The number of carbonyl (C=O) groups is 3. The Hall–Kier alpha value is -2.83. The summed E-state index contributed by atoms with van der Waals surface area (Å²) in [6, 6.07) is 7.57. The van der Waals surface area contributed by atoms with Gasteiger partial charge in [-0.15, -0.1) is 0 Å². The van der Waals surface area contributed by atoms with Crippen LogP contribution >= 0.6 is 0 Å². The van der Waals surface area contributed by atoms with Crippen molar-refractivity contribution in [2.75, 3.05) is 39.8 Å². The van der Waals surface area contributed by atoms with Gasteiger partial charge >= 0.3 is 0 Å². The normalized spacial score (nSPS) is 14.7. The van der Waals surface area contributed by atoms with Crippen LogP contribution in [0.25, 0.3) is 10.9 Å². The van der Waals surface area contributed by atoms with E-state index in [0.29, 0.717) is 31.7 Å². The van der Waals surface area contributed by atoms with E-state index < -0.39 is 0 Å². The fourth-order valence-corrected chi connectivity index (χ4v) is 2.91. The van der Waals surface area contributed by atoms with E-state index in [4.69, 9.17) is 0 Å². The number of aromatic nitrogens is 1. The van der Waals surface area contributed by atoms with Crippen LogP contribution in [0.15, 0.2) is 30.5 Å². The molecule has 7 nitrogen and oxygen atoms in total. The second kappa shape index (κ2) is 6.74. The molecule has 0 unspecified atom stereocenters. The fourth-order valence-electron chi connectivity index (χ4n) is 2.91. The number of benzene rings is 1. The molecule has 1 N–H and O–H groups in total. The van der Waals surface area contributed by atoms with Crippen molar-refractivity contribution in [1.82, 2.24) is 19.7 Å². The number of nitrogens with one attached hydrogen (secondary N) is 1. The number of carbonyl (C=O) groups excluding carboxylic acids is 3. The zero-order valence-electron chi connectivity index (χ0n) is 13.6. The number of fused-ring (bicyclic) bond motifs is 1. The van der Waals surface area contributed by atoms with Crippen molar-refractivity contribution in [1.29, 1.82) is 0 Å². The maximum absolute atomic E-state index is 12.6. The average molecular weight is 328 g/mol. The molecule has 3 rings (SSSR count). The minimum atomic E-state index is -0.188. The minimum absolute atomic E-state index is 0.0272. The summed E-state index contributed by atoms with van der Waals surface area (Å²) in [7, 11) is 1.63. The lowest BCUT2D eigenvalue weighted by atomic mass is 10.1. The van der Waals surface area contributed by atoms with Crippen LogP contribution in [0.4, 0.5) is 0 Å². The number of hydrogen-bond donors (Lipinski definition) is 1. The average Bonchev–Trinajstić information content (AvgIpc) is 3.05. The third-order valence-electron chi connectivity index (χ3n) is 4.35. The summed E-state index contributed by atoms with van der Waals surface area (Å²) in [5.41, 5.74) is 1.46. The standard InChI is InChI=1S/C17H20N4O3/c1-19(11-16(23)21-8-6-20(12-22)7-9-21)17(24)14-10-18-15-5-3-2-4-13(14)15/h2-5,10,12,18H,6-9,11H2,1H3. The number of piperazine rings is 1. The van der Waals surface area contributed by atoms with Crippen LogP contribution < -0.4 is 0 Å². The molecule has 0 spiro atoms. The minimum Gasteiger partial charge on any atom is -0.360 e. The van der Waals surface area contributed by atoms with Gasteiger partial charge in [0.15, 0.2) is 0 Å². The van der Waals surface area contributed by atoms with Gasteiger partial charge in [0.2, 0.25) is 12.3 Å². The third-order valence-corrected chi connectivity index (χ3v) is 4.35. The maximum Gasteiger partial charge on any atom is 0.256 e. The Morgan fingerprint density at radius 1 is 1.21 bits per heavy atom. The molecular formula is C17H20N4O3. The van der Waals surface area contributed by atoms with Crippen LogP contribution in [0, 0.1) is 0 Å². The van der Waals surface area contributed by atoms with Gasteiger partial charge in [-0.3, -0.25) is 14.4 Å². The number of para-hydroxylation sites is 1. The number of aromatic amines is 1. The van der Waals surface area contributed by atoms with Gasteiger partial charge < -0.3 is 19.7 Å². The van der Waals surface area contributed by atoms with Crippen molar-refractivity contribution in [2.45, 2.75) is 0 Å². The number of rotatable bonds is 4. The van der Waals surface area contributed by atoms with Gasteiger partial charge in [-0.1, -0.05) is 18.2 Å². The van der Waals surface area contributed by atoms with Crippen LogP contribution in [0.1, 0.15) is 10.4 Å². The van der Waals surface area contributed by atoms with Crippen LogP contribution in [0.5, 0.6) is 0 Å². The second-order valence-electron chi connectivity index (χ2n) is 5.93. The lowest BCUT2D eigenvalue weighted by molar-refractivity contribution is -0.135. The summed E-state index contributed by atoms with van der Waals surface area (Å²) in [6.07, 6.45) is 2.48. The number of amides is 3. The molecule has 1 aromatic heterocycles. The number of likely N-dealkylation sites (N-methyl/N-ethyl adjacent to an activating group) is 1. The summed E-state index contributed by atoms with van der Waals surface area (Å²) in [6.45, 7) is 2.11. The van der Waals surface area contributed by atoms with Crippen molar-refractivity contribution in [3.63, 3.8) is 0 Å². The molecule has 0 aliphatic carbocycles. The van der Waals surface area contributed by atoms with Crippen molar-refractivity contribution in [3.05, 3.63) is 36.0 Å². The SMILES string of the molecule is CN(CC(=O)N1CCN(C=O)CC1)C(=O)c1c[nH]c2ccccc12. The number of hydrogen-bond acceptors (Lipinski definition) is 3. The summed E-state index contributed by atoms with van der Waals surface area (Å²) in [5.74, 6) is -0.288. The van der Waals surface area contributed by atoms with Crippen molar-refractivity contribution in [2.24, 2.45) is 0 Å². The van der Waals surface area contributed by atoms with E-state index in [1.807, 2.05) is 24.3 Å². The number of H-pyrrole nitrogens is 1. The van der Waals surface area contributed by atoms with E-state index in [0.717, 1.165) is 17.3 Å². The highest BCUT2D eigenvalue weighted by Crippen LogP contribution is 2.19. The molecule has 3 amide bonds. The maximum atomic E-state index is 12.6. The van der Waals surface area contributed by atoms with Crippen LogP contribution in [-0.4, -0.2) is 77.7 Å². The first-order chi connectivity index (χ1) is 11.6. The van der Waals surface area contributed by atoms with Crippen LogP contribution in [0.3, 0.4) is 0 Å². The quantitative estimate of drug-likeness (QED) is 0.832. The molecule has 1 fully saturated rings. The van der Waals surface area contributed by atoms with Crippen LogP contribution in [-0.2, 0) is 9.59 Å². The summed E-state index contributed by atoms with van der Waals surface area (Å²) in [4.78, 5) is 43.5.